The molecule has 0 aromatic heterocycles. The van der Waals surface area contributed by atoms with Crippen LogP contribution in [-0.4, -0.2) is 6.54 Å². The summed E-state index contributed by atoms with van der Waals surface area (Å²) in [6.07, 6.45) is 0.615. The molecule has 68 valence electrons. The molecule has 13 heavy (non-hydrogen) atoms. The van der Waals surface area contributed by atoms with Crippen molar-refractivity contribution in [2.24, 2.45) is 5.73 Å². The van der Waals surface area contributed by atoms with Crippen molar-refractivity contribution in [3.63, 3.8) is 0 Å². The predicted octanol–water partition coefficient (Wildman–Crippen LogP) is 2.18. The van der Waals surface area contributed by atoms with Crippen molar-refractivity contribution in [2.75, 3.05) is 6.54 Å². The van der Waals surface area contributed by atoms with Crippen LogP contribution in [0.3, 0.4) is 0 Å². The van der Waals surface area contributed by atoms with Crippen LogP contribution in [0.15, 0.2) is 18.2 Å². The summed E-state index contributed by atoms with van der Waals surface area (Å²) in [6.45, 7) is 0.517. The first-order chi connectivity index (χ1) is 6.24. The van der Waals surface area contributed by atoms with Crippen LogP contribution in [0.1, 0.15) is 12.0 Å². The van der Waals surface area contributed by atoms with Crippen LogP contribution in [0, 0.1) is 17.7 Å². The van der Waals surface area contributed by atoms with E-state index in [9.17, 15) is 4.39 Å². The molecular weight excluding hydrogens is 189 g/mol. The van der Waals surface area contributed by atoms with Gasteiger partial charge >= 0.3 is 0 Å². The first-order valence-electron chi connectivity index (χ1n) is 3.88. The Morgan fingerprint density at radius 2 is 2.23 bits per heavy atom. The fourth-order valence-corrected chi connectivity index (χ4v) is 0.928. The fourth-order valence-electron chi connectivity index (χ4n) is 0.811. The maximum Gasteiger partial charge on any atom is 0.143 e. The van der Waals surface area contributed by atoms with Crippen molar-refractivity contribution in [1.82, 2.24) is 0 Å². The SMILES string of the molecule is NCCC#Cc1ccc(Cl)c(F)c1. The third-order valence-corrected chi connectivity index (χ3v) is 1.73. The first kappa shape index (κ1) is 10.0. The zero-order valence-corrected chi connectivity index (χ0v) is 7.74. The van der Waals surface area contributed by atoms with E-state index in [1.807, 2.05) is 0 Å². The third kappa shape index (κ3) is 3.06. The highest BCUT2D eigenvalue weighted by Gasteiger charge is 1.97. The van der Waals surface area contributed by atoms with Crippen molar-refractivity contribution in [3.05, 3.63) is 34.6 Å². The minimum atomic E-state index is -0.443. The van der Waals surface area contributed by atoms with E-state index in [1.54, 1.807) is 6.07 Å². The highest BCUT2D eigenvalue weighted by Crippen LogP contribution is 2.14. The van der Waals surface area contributed by atoms with Gasteiger partial charge in [0.2, 0.25) is 0 Å². The van der Waals surface area contributed by atoms with Gasteiger partial charge in [0.25, 0.3) is 0 Å². The minimum Gasteiger partial charge on any atom is -0.330 e. The monoisotopic (exact) mass is 197 g/mol. The van der Waals surface area contributed by atoms with E-state index < -0.39 is 5.82 Å². The summed E-state index contributed by atoms with van der Waals surface area (Å²) in [5.41, 5.74) is 5.87. The van der Waals surface area contributed by atoms with Crippen molar-refractivity contribution in [2.45, 2.75) is 6.42 Å². The molecule has 0 aliphatic heterocycles. The quantitative estimate of drug-likeness (QED) is 0.687. The Kier molecular flexibility index (Phi) is 3.75. The van der Waals surface area contributed by atoms with Crippen molar-refractivity contribution >= 4 is 11.6 Å². The maximum absolute atomic E-state index is 12.9. The van der Waals surface area contributed by atoms with E-state index in [0.29, 0.717) is 18.5 Å². The molecule has 1 aromatic carbocycles. The highest BCUT2D eigenvalue weighted by atomic mass is 35.5. The Bertz CT molecular complexity index is 352. The lowest BCUT2D eigenvalue weighted by atomic mass is 10.2. The van der Waals surface area contributed by atoms with Gasteiger partial charge in [0.15, 0.2) is 0 Å². The van der Waals surface area contributed by atoms with E-state index in [4.69, 9.17) is 17.3 Å². The van der Waals surface area contributed by atoms with Crippen LogP contribution in [-0.2, 0) is 0 Å². The zero-order valence-electron chi connectivity index (χ0n) is 6.98. The number of rotatable bonds is 1. The summed E-state index contributed by atoms with van der Waals surface area (Å²) in [5.74, 6) is 5.15. The number of hydrogen-bond donors (Lipinski definition) is 1. The summed E-state index contributed by atoms with van der Waals surface area (Å²) in [7, 11) is 0. The fraction of sp³-hybridized carbons (Fsp3) is 0.200. The molecule has 0 fully saturated rings. The van der Waals surface area contributed by atoms with Gasteiger partial charge in [-0.1, -0.05) is 23.4 Å². The average molecular weight is 198 g/mol. The molecule has 0 aliphatic carbocycles. The Hall–Kier alpha value is -1.04. The highest BCUT2D eigenvalue weighted by molar-refractivity contribution is 6.30. The Morgan fingerprint density at radius 1 is 1.46 bits per heavy atom. The van der Waals surface area contributed by atoms with E-state index >= 15 is 0 Å². The summed E-state index contributed by atoms with van der Waals surface area (Å²) in [6, 6.07) is 4.48. The molecule has 0 aliphatic rings. The number of nitrogens with two attached hydrogens (primary N) is 1. The van der Waals surface area contributed by atoms with E-state index in [-0.39, 0.29) is 5.02 Å². The Morgan fingerprint density at radius 3 is 2.85 bits per heavy atom. The van der Waals surface area contributed by atoms with Gasteiger partial charge in [-0.15, -0.1) is 0 Å². The summed E-state index contributed by atoms with van der Waals surface area (Å²) >= 11 is 5.50. The molecule has 0 bridgehead atoms. The standard InChI is InChI=1S/C10H9ClFN/c11-9-5-4-8(7-10(9)12)3-1-2-6-13/h4-5,7H,2,6,13H2. The normalized spacial score (nSPS) is 9.15. The number of halogens is 2. The second-order valence-electron chi connectivity index (χ2n) is 2.47. The molecule has 1 rings (SSSR count). The smallest absolute Gasteiger partial charge is 0.143 e. The van der Waals surface area contributed by atoms with Crippen molar-refractivity contribution in [3.8, 4) is 11.8 Å². The molecule has 0 saturated heterocycles. The molecule has 3 heteroatoms. The zero-order chi connectivity index (χ0) is 9.68. The molecule has 0 atom stereocenters. The molecule has 2 N–H and O–H groups in total. The molecule has 0 amide bonds. The van der Waals surface area contributed by atoms with Crippen LogP contribution in [0.4, 0.5) is 4.39 Å². The van der Waals surface area contributed by atoms with E-state index in [1.165, 1.54) is 12.1 Å². The first-order valence-corrected chi connectivity index (χ1v) is 4.26. The van der Waals surface area contributed by atoms with Crippen LogP contribution in [0.25, 0.3) is 0 Å². The molecular formula is C10H9ClFN. The lowest BCUT2D eigenvalue weighted by Gasteiger charge is -1.93. The van der Waals surface area contributed by atoms with E-state index in [0.717, 1.165) is 0 Å². The number of hydrogen-bond acceptors (Lipinski definition) is 1. The molecule has 1 aromatic rings. The lowest BCUT2D eigenvalue weighted by molar-refractivity contribution is 0.628. The molecule has 1 nitrogen and oxygen atoms in total. The Labute approximate surface area is 81.7 Å². The second-order valence-corrected chi connectivity index (χ2v) is 2.88. The molecule has 0 unspecified atom stereocenters. The van der Waals surface area contributed by atoms with Gasteiger partial charge in [-0.05, 0) is 18.2 Å². The second kappa shape index (κ2) is 4.86. The van der Waals surface area contributed by atoms with Crippen LogP contribution < -0.4 is 5.73 Å². The largest absolute Gasteiger partial charge is 0.330 e. The van der Waals surface area contributed by atoms with Gasteiger partial charge in [0.1, 0.15) is 5.82 Å². The topological polar surface area (TPSA) is 26.0 Å². The van der Waals surface area contributed by atoms with E-state index in [2.05, 4.69) is 11.8 Å². The van der Waals surface area contributed by atoms with Gasteiger partial charge < -0.3 is 5.73 Å². The molecule has 0 saturated carbocycles. The van der Waals surface area contributed by atoms with Gasteiger partial charge in [-0.25, -0.2) is 4.39 Å². The number of benzene rings is 1. The van der Waals surface area contributed by atoms with Crippen LogP contribution in [0.2, 0.25) is 5.02 Å². The van der Waals surface area contributed by atoms with Gasteiger partial charge in [0.05, 0.1) is 5.02 Å². The minimum absolute atomic E-state index is 0.115. The van der Waals surface area contributed by atoms with Crippen molar-refractivity contribution < 1.29 is 4.39 Å². The lowest BCUT2D eigenvalue weighted by Crippen LogP contribution is -1.95. The van der Waals surface area contributed by atoms with Gasteiger partial charge in [-0.2, -0.15) is 0 Å². The summed E-state index contributed by atoms with van der Waals surface area (Å²) < 4.78 is 12.9. The average Bonchev–Trinajstić information content (AvgIpc) is 2.12. The third-order valence-electron chi connectivity index (χ3n) is 1.42. The summed E-state index contributed by atoms with van der Waals surface area (Å²) in [5, 5.41) is 0.115. The van der Waals surface area contributed by atoms with Crippen LogP contribution in [0.5, 0.6) is 0 Å². The van der Waals surface area contributed by atoms with Gasteiger partial charge in [0, 0.05) is 18.5 Å². The predicted molar refractivity (Wildman–Crippen MR) is 52.0 cm³/mol. The van der Waals surface area contributed by atoms with Crippen molar-refractivity contribution in [1.29, 1.82) is 0 Å². The summed E-state index contributed by atoms with van der Waals surface area (Å²) in [4.78, 5) is 0. The maximum atomic E-state index is 12.9. The molecule has 0 radical (unpaired) electrons. The molecule has 0 spiro atoms. The van der Waals surface area contributed by atoms with Gasteiger partial charge in [-0.3, -0.25) is 0 Å². The Balaban J connectivity index is 2.81. The molecule has 0 heterocycles. The van der Waals surface area contributed by atoms with Crippen LogP contribution >= 0.6 is 11.6 Å².